The van der Waals surface area contributed by atoms with Crippen molar-refractivity contribution in [2.45, 2.75) is 38.3 Å². The molecule has 1 unspecified atom stereocenters. The molecule has 1 aliphatic carbocycles. The lowest BCUT2D eigenvalue weighted by Crippen LogP contribution is -2.50. The van der Waals surface area contributed by atoms with E-state index in [1.807, 2.05) is 13.0 Å². The molecular weight excluding hydrogens is 260 g/mol. The fourth-order valence-electron chi connectivity index (χ4n) is 3.62. The smallest absolute Gasteiger partial charge is 0.118 e. The maximum absolute atomic E-state index is 6.24. The van der Waals surface area contributed by atoms with Gasteiger partial charge >= 0.3 is 0 Å². The molecule has 0 amide bonds. The van der Waals surface area contributed by atoms with Gasteiger partial charge in [0, 0.05) is 6.54 Å². The molecule has 0 bridgehead atoms. The van der Waals surface area contributed by atoms with Gasteiger partial charge in [0.1, 0.15) is 11.5 Å². The molecule has 2 N–H and O–H groups in total. The Balaban J connectivity index is 1.93. The molecule has 1 aromatic carbocycles. The minimum atomic E-state index is -0.0739. The van der Waals surface area contributed by atoms with E-state index >= 15 is 0 Å². The number of furan rings is 1. The van der Waals surface area contributed by atoms with Crippen LogP contribution in [0.15, 0.2) is 40.8 Å². The van der Waals surface area contributed by atoms with Crippen molar-refractivity contribution in [1.29, 1.82) is 0 Å². The van der Waals surface area contributed by atoms with Gasteiger partial charge in [-0.2, -0.15) is 0 Å². The van der Waals surface area contributed by atoms with Crippen molar-refractivity contribution in [3.63, 3.8) is 0 Å². The van der Waals surface area contributed by atoms with E-state index in [-0.39, 0.29) is 5.54 Å². The molecule has 0 fully saturated rings. The molecule has 0 aliphatic heterocycles. The van der Waals surface area contributed by atoms with Crippen LogP contribution < -0.4 is 5.73 Å². The van der Waals surface area contributed by atoms with Crippen molar-refractivity contribution in [3.8, 4) is 0 Å². The Hall–Kier alpha value is -1.58. The summed E-state index contributed by atoms with van der Waals surface area (Å²) in [5, 5.41) is 0. The van der Waals surface area contributed by atoms with Gasteiger partial charge in [-0.1, -0.05) is 24.3 Å². The summed E-state index contributed by atoms with van der Waals surface area (Å²) in [6.07, 6.45) is 3.46. The second-order valence-corrected chi connectivity index (χ2v) is 6.11. The van der Waals surface area contributed by atoms with E-state index in [2.05, 4.69) is 42.3 Å². The van der Waals surface area contributed by atoms with Crippen LogP contribution in [0.3, 0.4) is 0 Å². The van der Waals surface area contributed by atoms with E-state index in [0.717, 1.165) is 30.9 Å². The maximum Gasteiger partial charge on any atom is 0.118 e. The average molecular weight is 284 g/mol. The van der Waals surface area contributed by atoms with Gasteiger partial charge in [0.05, 0.1) is 12.1 Å². The molecule has 3 heteroatoms. The van der Waals surface area contributed by atoms with Crippen LogP contribution in [0.1, 0.15) is 35.5 Å². The highest BCUT2D eigenvalue weighted by molar-refractivity contribution is 5.36. The highest BCUT2D eigenvalue weighted by Crippen LogP contribution is 2.39. The fourth-order valence-corrected chi connectivity index (χ4v) is 3.62. The molecule has 112 valence electrons. The normalized spacial score (nSPS) is 21.5. The zero-order chi connectivity index (χ0) is 14.9. The average Bonchev–Trinajstić information content (AvgIpc) is 2.91. The molecular formula is C18H24N2O. The van der Waals surface area contributed by atoms with Crippen LogP contribution in [-0.2, 0) is 18.5 Å². The first kappa shape index (κ1) is 14.4. The molecule has 1 aliphatic rings. The van der Waals surface area contributed by atoms with Crippen molar-refractivity contribution in [1.82, 2.24) is 4.90 Å². The van der Waals surface area contributed by atoms with Crippen LogP contribution in [0.2, 0.25) is 0 Å². The SMILES string of the molecule is Cc1ccc(CN(C)C2(CN)CCCc3ccccc32)o1. The van der Waals surface area contributed by atoms with Gasteiger partial charge < -0.3 is 10.2 Å². The van der Waals surface area contributed by atoms with Crippen LogP contribution in [0.4, 0.5) is 0 Å². The summed E-state index contributed by atoms with van der Waals surface area (Å²) >= 11 is 0. The van der Waals surface area contributed by atoms with Gasteiger partial charge in [-0.3, -0.25) is 4.90 Å². The molecule has 21 heavy (non-hydrogen) atoms. The third kappa shape index (κ3) is 2.52. The molecule has 1 aromatic heterocycles. The van der Waals surface area contributed by atoms with Gasteiger partial charge in [-0.05, 0) is 56.5 Å². The lowest BCUT2D eigenvalue weighted by Gasteiger charge is -2.45. The van der Waals surface area contributed by atoms with Gasteiger partial charge in [-0.15, -0.1) is 0 Å². The number of aryl methyl sites for hydroxylation is 2. The number of benzene rings is 1. The second-order valence-electron chi connectivity index (χ2n) is 6.11. The molecule has 1 atom stereocenters. The third-order valence-electron chi connectivity index (χ3n) is 4.81. The van der Waals surface area contributed by atoms with E-state index in [0.29, 0.717) is 6.54 Å². The minimum absolute atomic E-state index is 0.0739. The van der Waals surface area contributed by atoms with Crippen LogP contribution in [0.25, 0.3) is 0 Å². The predicted molar refractivity (Wildman–Crippen MR) is 85.0 cm³/mol. The summed E-state index contributed by atoms with van der Waals surface area (Å²) in [6, 6.07) is 12.8. The van der Waals surface area contributed by atoms with Gasteiger partial charge in [0.15, 0.2) is 0 Å². The molecule has 0 saturated heterocycles. The largest absolute Gasteiger partial charge is 0.465 e. The standard InChI is InChI=1S/C18H24N2O/c1-14-9-10-16(21-14)12-20(2)18(13-19)11-5-7-15-6-3-4-8-17(15)18/h3-4,6,8-10H,5,7,11-13,19H2,1-2H3. The molecule has 0 radical (unpaired) electrons. The molecule has 0 saturated carbocycles. The number of nitrogens with two attached hydrogens (primary N) is 1. The van der Waals surface area contributed by atoms with Gasteiger partial charge in [-0.25, -0.2) is 0 Å². The Kier molecular flexibility index (Phi) is 3.87. The van der Waals surface area contributed by atoms with E-state index < -0.39 is 0 Å². The summed E-state index contributed by atoms with van der Waals surface area (Å²) < 4.78 is 5.74. The first-order valence-electron chi connectivity index (χ1n) is 7.71. The van der Waals surface area contributed by atoms with Crippen molar-refractivity contribution >= 4 is 0 Å². The topological polar surface area (TPSA) is 42.4 Å². The summed E-state index contributed by atoms with van der Waals surface area (Å²) in [6.45, 7) is 3.41. The zero-order valence-corrected chi connectivity index (χ0v) is 12.9. The van der Waals surface area contributed by atoms with E-state index in [1.165, 1.54) is 17.5 Å². The fraction of sp³-hybridized carbons (Fsp3) is 0.444. The lowest BCUT2D eigenvalue weighted by molar-refractivity contribution is 0.0881. The first-order valence-corrected chi connectivity index (χ1v) is 7.71. The summed E-state index contributed by atoms with van der Waals surface area (Å²) in [4.78, 5) is 2.36. The number of fused-ring (bicyclic) bond motifs is 1. The minimum Gasteiger partial charge on any atom is -0.465 e. The number of likely N-dealkylation sites (N-methyl/N-ethyl adjacent to an activating group) is 1. The Morgan fingerprint density at radius 1 is 1.24 bits per heavy atom. The lowest BCUT2D eigenvalue weighted by atomic mass is 9.75. The van der Waals surface area contributed by atoms with Gasteiger partial charge in [0.2, 0.25) is 0 Å². The summed E-state index contributed by atoms with van der Waals surface area (Å²) in [7, 11) is 2.16. The molecule has 2 aromatic rings. The highest BCUT2D eigenvalue weighted by atomic mass is 16.3. The molecule has 0 spiro atoms. The Morgan fingerprint density at radius 2 is 2.05 bits per heavy atom. The Bertz CT molecular complexity index is 619. The van der Waals surface area contributed by atoms with Crippen LogP contribution >= 0.6 is 0 Å². The zero-order valence-electron chi connectivity index (χ0n) is 12.9. The molecule has 3 nitrogen and oxygen atoms in total. The molecule has 1 heterocycles. The predicted octanol–water partition coefficient (Wildman–Crippen LogP) is 3.21. The number of rotatable bonds is 4. The van der Waals surface area contributed by atoms with Gasteiger partial charge in [0.25, 0.3) is 0 Å². The van der Waals surface area contributed by atoms with Crippen molar-refractivity contribution < 1.29 is 4.42 Å². The number of nitrogens with zero attached hydrogens (tertiary/aromatic N) is 1. The van der Waals surface area contributed by atoms with E-state index in [9.17, 15) is 0 Å². The quantitative estimate of drug-likeness (QED) is 0.937. The monoisotopic (exact) mass is 284 g/mol. The molecule has 3 rings (SSSR count). The van der Waals surface area contributed by atoms with Crippen molar-refractivity contribution in [2.75, 3.05) is 13.6 Å². The second kappa shape index (κ2) is 5.66. The third-order valence-corrected chi connectivity index (χ3v) is 4.81. The summed E-state index contributed by atoms with van der Waals surface area (Å²) in [5.74, 6) is 1.97. The van der Waals surface area contributed by atoms with E-state index in [4.69, 9.17) is 10.2 Å². The van der Waals surface area contributed by atoms with Crippen molar-refractivity contribution in [3.05, 3.63) is 59.0 Å². The van der Waals surface area contributed by atoms with E-state index in [1.54, 1.807) is 0 Å². The van der Waals surface area contributed by atoms with Crippen LogP contribution in [0.5, 0.6) is 0 Å². The van der Waals surface area contributed by atoms with Crippen LogP contribution in [-0.4, -0.2) is 18.5 Å². The summed E-state index contributed by atoms with van der Waals surface area (Å²) in [5.41, 5.74) is 9.00. The maximum atomic E-state index is 6.24. The van der Waals surface area contributed by atoms with Crippen LogP contribution in [0, 0.1) is 6.92 Å². The Morgan fingerprint density at radius 3 is 2.76 bits per heavy atom. The Labute approximate surface area is 126 Å². The van der Waals surface area contributed by atoms with Crippen molar-refractivity contribution in [2.24, 2.45) is 5.73 Å². The first-order chi connectivity index (χ1) is 10.2. The number of hydrogen-bond acceptors (Lipinski definition) is 3. The highest BCUT2D eigenvalue weighted by Gasteiger charge is 2.39. The number of hydrogen-bond donors (Lipinski definition) is 1.